The second-order valence-electron chi connectivity index (χ2n) is 3.68. The van der Waals surface area contributed by atoms with E-state index in [0.717, 1.165) is 0 Å². The molecule has 1 saturated heterocycles. The van der Waals surface area contributed by atoms with Crippen LogP contribution in [0.3, 0.4) is 0 Å². The Balaban J connectivity index is 2.75. The van der Waals surface area contributed by atoms with Gasteiger partial charge in [0.2, 0.25) is 0 Å². The Morgan fingerprint density at radius 1 is 0.889 bits per heavy atom. The first kappa shape index (κ1) is 7.10. The monoisotopic (exact) mass is 125 g/mol. The van der Waals surface area contributed by atoms with E-state index in [0.29, 0.717) is 0 Å². The highest BCUT2D eigenvalue weighted by Gasteiger charge is 2.40. The maximum absolute atomic E-state index is 3.25. The lowest BCUT2D eigenvalue weighted by Crippen LogP contribution is -2.51. The van der Waals surface area contributed by atoms with Crippen LogP contribution in [0.25, 0.3) is 0 Å². The highest BCUT2D eigenvalue weighted by atomic mass is 15.1. The van der Waals surface area contributed by atoms with Crippen molar-refractivity contribution < 1.29 is 0 Å². The fourth-order valence-electron chi connectivity index (χ4n) is 0.758. The lowest BCUT2D eigenvalue weighted by Gasteiger charge is -2.35. The Labute approximate surface area is 57.7 Å². The summed E-state index contributed by atoms with van der Waals surface area (Å²) in [6.07, 6.45) is 0. The Morgan fingerprint density at radius 3 is 1.33 bits per heavy atom. The second-order valence-corrected chi connectivity index (χ2v) is 3.68. The van der Waals surface area contributed by atoms with Crippen molar-refractivity contribution in [1.29, 1.82) is 0 Å². The number of hydrogen-bond donors (Lipinski definition) is 2. The van der Waals surface area contributed by atoms with Crippen molar-refractivity contribution in [2.45, 2.75) is 38.8 Å². The predicted octanol–water partition coefficient (Wildman–Crippen LogP) is 0.271. The first-order valence-electron chi connectivity index (χ1n) is 3.33. The average Bonchev–Trinajstić information content (AvgIpc) is 1.81. The molecule has 0 unspecified atom stereocenters. The summed E-state index contributed by atoms with van der Waals surface area (Å²) in [5.41, 5.74) is 0.347. The first-order chi connectivity index (χ1) is 3.96. The largest absolute Gasteiger partial charge is 0.340 e. The van der Waals surface area contributed by atoms with Crippen molar-refractivity contribution in [1.82, 2.24) is 10.5 Å². The van der Waals surface area contributed by atoms with Gasteiger partial charge < -0.3 is 10.5 Å². The van der Waals surface area contributed by atoms with Crippen LogP contribution in [0.1, 0.15) is 27.7 Å². The van der Waals surface area contributed by atoms with Crippen LogP contribution in [0, 0.1) is 0 Å². The molecule has 0 aromatic heterocycles. The van der Waals surface area contributed by atoms with Crippen molar-refractivity contribution in [3.63, 3.8) is 0 Å². The Bertz CT molecular complexity index is 106. The standard InChI is InChI=1S/C6H14BN2/c1-5(2)6(3,4)9-7-8-5/h8-9H,1-4H3. The van der Waals surface area contributed by atoms with Gasteiger partial charge in [0.05, 0.1) is 0 Å². The summed E-state index contributed by atoms with van der Waals surface area (Å²) in [6.45, 7) is 8.74. The van der Waals surface area contributed by atoms with Gasteiger partial charge in [0.1, 0.15) is 0 Å². The second kappa shape index (κ2) is 1.73. The molecule has 0 bridgehead atoms. The SMILES string of the molecule is CC1(C)N[B]NC1(C)C. The Hall–Kier alpha value is -0.0151. The zero-order chi connectivity index (χ0) is 7.12. The molecule has 0 atom stereocenters. The molecule has 1 fully saturated rings. The molecule has 3 heteroatoms. The quantitative estimate of drug-likeness (QED) is 0.454. The van der Waals surface area contributed by atoms with Crippen LogP contribution >= 0.6 is 0 Å². The lowest BCUT2D eigenvalue weighted by atomic mass is 9.85. The minimum absolute atomic E-state index is 0.174. The Morgan fingerprint density at radius 2 is 1.22 bits per heavy atom. The molecule has 1 radical (unpaired) electrons. The minimum Gasteiger partial charge on any atom is -0.340 e. The van der Waals surface area contributed by atoms with Gasteiger partial charge >= 0.3 is 7.55 Å². The normalized spacial score (nSPS) is 29.8. The lowest BCUT2D eigenvalue weighted by molar-refractivity contribution is 0.295. The van der Waals surface area contributed by atoms with E-state index in [2.05, 4.69) is 38.2 Å². The topological polar surface area (TPSA) is 24.1 Å². The third-order valence-corrected chi connectivity index (χ3v) is 2.43. The summed E-state index contributed by atoms with van der Waals surface area (Å²) in [7, 11) is 1.92. The molecule has 51 valence electrons. The molecule has 0 aromatic rings. The summed E-state index contributed by atoms with van der Waals surface area (Å²) in [6, 6.07) is 0. The molecule has 1 heterocycles. The van der Waals surface area contributed by atoms with Crippen LogP contribution in [0.5, 0.6) is 0 Å². The van der Waals surface area contributed by atoms with E-state index in [9.17, 15) is 0 Å². The molecule has 0 aromatic carbocycles. The molecule has 1 rings (SSSR count). The molecule has 0 saturated carbocycles. The summed E-state index contributed by atoms with van der Waals surface area (Å²) in [5.74, 6) is 0. The van der Waals surface area contributed by atoms with Gasteiger partial charge in [-0.1, -0.05) is 0 Å². The van der Waals surface area contributed by atoms with E-state index >= 15 is 0 Å². The zero-order valence-corrected chi connectivity index (χ0v) is 6.58. The van der Waals surface area contributed by atoms with Crippen LogP contribution in [-0.2, 0) is 0 Å². The molecular weight excluding hydrogens is 111 g/mol. The highest BCUT2D eigenvalue weighted by molar-refractivity contribution is 6.30. The van der Waals surface area contributed by atoms with E-state index in [1.165, 1.54) is 0 Å². The predicted molar refractivity (Wildman–Crippen MR) is 40.2 cm³/mol. The molecule has 2 nitrogen and oxygen atoms in total. The summed E-state index contributed by atoms with van der Waals surface area (Å²) < 4.78 is 0. The van der Waals surface area contributed by atoms with E-state index in [4.69, 9.17) is 0 Å². The minimum atomic E-state index is 0.174. The molecule has 1 aliphatic heterocycles. The van der Waals surface area contributed by atoms with Crippen molar-refractivity contribution >= 4 is 7.55 Å². The van der Waals surface area contributed by atoms with Crippen molar-refractivity contribution in [3.05, 3.63) is 0 Å². The van der Waals surface area contributed by atoms with Crippen LogP contribution in [0.15, 0.2) is 0 Å². The van der Waals surface area contributed by atoms with Crippen molar-refractivity contribution in [2.24, 2.45) is 0 Å². The van der Waals surface area contributed by atoms with Crippen LogP contribution in [-0.4, -0.2) is 18.6 Å². The average molecular weight is 125 g/mol. The molecule has 0 spiro atoms. The molecular formula is C6H14BN2. The van der Waals surface area contributed by atoms with E-state index in [1.807, 2.05) is 7.55 Å². The van der Waals surface area contributed by atoms with E-state index in [-0.39, 0.29) is 11.1 Å². The summed E-state index contributed by atoms with van der Waals surface area (Å²) in [5, 5.41) is 6.50. The van der Waals surface area contributed by atoms with Gasteiger partial charge in [0.15, 0.2) is 0 Å². The molecule has 9 heavy (non-hydrogen) atoms. The van der Waals surface area contributed by atoms with Crippen molar-refractivity contribution in [2.75, 3.05) is 0 Å². The Kier molecular flexibility index (Phi) is 1.37. The van der Waals surface area contributed by atoms with Gasteiger partial charge in [0, 0.05) is 11.1 Å². The highest BCUT2D eigenvalue weighted by Crippen LogP contribution is 2.23. The van der Waals surface area contributed by atoms with E-state index < -0.39 is 0 Å². The first-order valence-corrected chi connectivity index (χ1v) is 3.33. The number of hydrogen-bond acceptors (Lipinski definition) is 2. The van der Waals surface area contributed by atoms with Gasteiger partial charge in [-0.15, -0.1) is 0 Å². The van der Waals surface area contributed by atoms with Gasteiger partial charge in [0.25, 0.3) is 0 Å². The third kappa shape index (κ3) is 0.991. The van der Waals surface area contributed by atoms with Gasteiger partial charge in [-0.05, 0) is 27.7 Å². The number of nitrogens with one attached hydrogen (secondary N) is 2. The zero-order valence-electron chi connectivity index (χ0n) is 6.58. The van der Waals surface area contributed by atoms with Crippen LogP contribution < -0.4 is 10.5 Å². The molecule has 0 amide bonds. The fraction of sp³-hybridized carbons (Fsp3) is 1.00. The number of rotatable bonds is 0. The van der Waals surface area contributed by atoms with Crippen LogP contribution in [0.4, 0.5) is 0 Å². The molecule has 0 aliphatic carbocycles. The smallest absolute Gasteiger partial charge is 0.308 e. The van der Waals surface area contributed by atoms with Crippen molar-refractivity contribution in [3.8, 4) is 0 Å². The summed E-state index contributed by atoms with van der Waals surface area (Å²) in [4.78, 5) is 0. The van der Waals surface area contributed by atoms with Crippen LogP contribution in [0.2, 0.25) is 0 Å². The van der Waals surface area contributed by atoms with Gasteiger partial charge in [-0.2, -0.15) is 0 Å². The summed E-state index contributed by atoms with van der Waals surface area (Å²) >= 11 is 0. The maximum atomic E-state index is 3.25. The van der Waals surface area contributed by atoms with Gasteiger partial charge in [-0.25, -0.2) is 0 Å². The fourth-order valence-corrected chi connectivity index (χ4v) is 0.758. The maximum Gasteiger partial charge on any atom is 0.308 e. The van der Waals surface area contributed by atoms with Gasteiger partial charge in [-0.3, -0.25) is 0 Å². The molecule has 1 aliphatic rings. The third-order valence-electron chi connectivity index (χ3n) is 2.43. The molecule has 2 N–H and O–H groups in total. The van der Waals surface area contributed by atoms with E-state index in [1.54, 1.807) is 0 Å².